The molecular weight excluding hydrogens is 469 g/mol. The zero-order chi connectivity index (χ0) is 21.9. The monoisotopic (exact) mass is 488 g/mol. The minimum Gasteiger partial charge on any atom is -0.465 e. The number of hydrogen-bond donors (Lipinski definition) is 0. The van der Waals surface area contributed by atoms with Crippen molar-refractivity contribution in [3.63, 3.8) is 0 Å². The van der Waals surface area contributed by atoms with Crippen molar-refractivity contribution in [1.82, 2.24) is 0 Å². The maximum Gasteiger partial charge on any atom is 0.348 e. The van der Waals surface area contributed by atoms with Gasteiger partial charge in [0.25, 0.3) is 0 Å². The Morgan fingerprint density at radius 1 is 0.742 bits per heavy atom. The normalized spacial score (nSPS) is 14.2. The van der Waals surface area contributed by atoms with Crippen molar-refractivity contribution in [3.8, 4) is 0 Å². The van der Waals surface area contributed by atoms with Gasteiger partial charge in [0.15, 0.2) is 0 Å². The molecule has 4 aromatic heterocycles. The summed E-state index contributed by atoms with van der Waals surface area (Å²) in [5.74, 6) is -0.552. The lowest BCUT2D eigenvalue weighted by atomic mass is 9.97. The highest BCUT2D eigenvalue weighted by Gasteiger charge is 2.28. The van der Waals surface area contributed by atoms with E-state index in [1.807, 2.05) is 12.1 Å². The van der Waals surface area contributed by atoms with Crippen molar-refractivity contribution in [2.45, 2.75) is 33.1 Å². The second kappa shape index (κ2) is 7.85. The molecule has 0 N–H and O–H groups in total. The summed E-state index contributed by atoms with van der Waals surface area (Å²) in [6.07, 6.45) is 3.17. The molecule has 0 amide bonds. The number of carbonyl (C=O) groups is 2. The third-order valence-electron chi connectivity index (χ3n) is 5.67. The van der Waals surface area contributed by atoms with Gasteiger partial charge in [-0.05, 0) is 56.4 Å². The number of aryl methyl sites for hydroxylation is 2. The predicted octanol–water partition coefficient (Wildman–Crippen LogP) is 7.52. The van der Waals surface area contributed by atoms with Crippen molar-refractivity contribution in [3.05, 3.63) is 42.8 Å². The molecule has 0 saturated carbocycles. The minimum atomic E-state index is -0.276. The Kier molecular flexibility index (Phi) is 5.29. The minimum absolute atomic E-state index is 0.276. The molecule has 4 heterocycles. The van der Waals surface area contributed by atoms with Crippen molar-refractivity contribution >= 4 is 87.2 Å². The number of thiophene rings is 4. The molecule has 0 radical (unpaired) electrons. The summed E-state index contributed by atoms with van der Waals surface area (Å²) in [4.78, 5) is 28.0. The molecule has 0 aliphatic heterocycles. The number of rotatable bonds is 4. The van der Waals surface area contributed by atoms with Crippen molar-refractivity contribution in [2.24, 2.45) is 0 Å². The van der Waals surface area contributed by atoms with E-state index in [4.69, 9.17) is 9.47 Å². The van der Waals surface area contributed by atoms with Crippen LogP contribution in [-0.4, -0.2) is 26.2 Å². The number of ether oxygens (including phenoxy) is 2. The first-order chi connectivity index (χ1) is 14.9. The SMILES string of the molecule is COC(=O)c1cc2sc(C)c(C3=C(c4c(C)sc5cc(C(=O)OC)sc45)CCC3)c2s1. The highest BCUT2D eigenvalue weighted by Crippen LogP contribution is 2.51. The maximum absolute atomic E-state index is 12.1. The Morgan fingerprint density at radius 2 is 1.16 bits per heavy atom. The molecule has 0 saturated heterocycles. The fraction of sp³-hybridized carbons (Fsp3) is 0.304. The smallest absolute Gasteiger partial charge is 0.348 e. The quantitative estimate of drug-likeness (QED) is 0.279. The van der Waals surface area contributed by atoms with Gasteiger partial charge in [0.1, 0.15) is 9.75 Å². The molecule has 4 nitrogen and oxygen atoms in total. The Morgan fingerprint density at radius 3 is 1.55 bits per heavy atom. The lowest BCUT2D eigenvalue weighted by Gasteiger charge is -2.09. The first-order valence-electron chi connectivity index (χ1n) is 9.88. The number of esters is 2. The van der Waals surface area contributed by atoms with Crippen LogP contribution in [0, 0.1) is 13.8 Å². The number of methoxy groups -OCH3 is 2. The molecular formula is C23H20O4S4. The van der Waals surface area contributed by atoms with Gasteiger partial charge in [-0.2, -0.15) is 0 Å². The second-order valence-corrected chi connectivity index (χ2v) is 12.1. The summed E-state index contributed by atoms with van der Waals surface area (Å²) in [6, 6.07) is 3.91. The molecule has 0 bridgehead atoms. The molecule has 31 heavy (non-hydrogen) atoms. The molecule has 0 spiro atoms. The number of allylic oxidation sites excluding steroid dienone is 2. The van der Waals surface area contributed by atoms with Crippen LogP contribution >= 0.6 is 45.3 Å². The largest absolute Gasteiger partial charge is 0.465 e. The van der Waals surface area contributed by atoms with Gasteiger partial charge in [0.05, 0.1) is 23.6 Å². The van der Waals surface area contributed by atoms with Crippen LogP contribution in [0.1, 0.15) is 59.5 Å². The van der Waals surface area contributed by atoms with Gasteiger partial charge in [-0.3, -0.25) is 0 Å². The average Bonchev–Trinajstić information content (AvgIpc) is 3.53. The van der Waals surface area contributed by atoms with E-state index < -0.39 is 0 Å². The first-order valence-corrected chi connectivity index (χ1v) is 13.1. The molecule has 4 aromatic rings. The lowest BCUT2D eigenvalue weighted by molar-refractivity contribution is 0.0597. The maximum atomic E-state index is 12.1. The summed E-state index contributed by atoms with van der Waals surface area (Å²) < 4.78 is 14.5. The predicted molar refractivity (Wildman–Crippen MR) is 132 cm³/mol. The van der Waals surface area contributed by atoms with E-state index in [1.54, 1.807) is 22.7 Å². The van der Waals surface area contributed by atoms with Gasteiger partial charge in [-0.15, -0.1) is 45.3 Å². The Labute approximate surface area is 195 Å². The number of fused-ring (bicyclic) bond motifs is 2. The summed E-state index contributed by atoms with van der Waals surface area (Å²) in [6.45, 7) is 4.34. The summed E-state index contributed by atoms with van der Waals surface area (Å²) in [5.41, 5.74) is 5.35. The topological polar surface area (TPSA) is 52.6 Å². The average molecular weight is 489 g/mol. The molecule has 1 aliphatic rings. The van der Waals surface area contributed by atoms with Crippen LogP contribution in [-0.2, 0) is 9.47 Å². The highest BCUT2D eigenvalue weighted by atomic mass is 32.1. The van der Waals surface area contributed by atoms with Gasteiger partial charge in [0.2, 0.25) is 0 Å². The third kappa shape index (κ3) is 3.28. The van der Waals surface area contributed by atoms with Crippen LogP contribution in [0.3, 0.4) is 0 Å². The van der Waals surface area contributed by atoms with Gasteiger partial charge in [-0.25, -0.2) is 9.59 Å². The highest BCUT2D eigenvalue weighted by molar-refractivity contribution is 7.30. The third-order valence-corrected chi connectivity index (χ3v) is 10.3. The van der Waals surface area contributed by atoms with Crippen LogP contribution in [0.25, 0.3) is 29.9 Å². The van der Waals surface area contributed by atoms with Gasteiger partial charge in [0, 0.05) is 30.3 Å². The van der Waals surface area contributed by atoms with Crippen LogP contribution in [0.15, 0.2) is 12.1 Å². The van der Waals surface area contributed by atoms with E-state index in [0.717, 1.165) is 28.7 Å². The van der Waals surface area contributed by atoms with E-state index in [-0.39, 0.29) is 11.9 Å². The van der Waals surface area contributed by atoms with Crippen molar-refractivity contribution < 1.29 is 19.1 Å². The van der Waals surface area contributed by atoms with E-state index in [2.05, 4.69) is 13.8 Å². The lowest BCUT2D eigenvalue weighted by Crippen LogP contribution is -1.96. The summed E-state index contributed by atoms with van der Waals surface area (Å²) in [7, 11) is 2.85. The Balaban J connectivity index is 1.71. The molecule has 0 fully saturated rings. The zero-order valence-corrected chi connectivity index (χ0v) is 20.8. The molecule has 0 aromatic carbocycles. The van der Waals surface area contributed by atoms with Crippen LogP contribution in [0.5, 0.6) is 0 Å². The van der Waals surface area contributed by atoms with Crippen LogP contribution in [0.4, 0.5) is 0 Å². The summed E-state index contributed by atoms with van der Waals surface area (Å²) >= 11 is 6.55. The van der Waals surface area contributed by atoms with Crippen LogP contribution < -0.4 is 0 Å². The Bertz CT molecular complexity index is 1290. The van der Waals surface area contributed by atoms with E-state index >= 15 is 0 Å². The Hall–Kier alpha value is -2.00. The fourth-order valence-electron chi connectivity index (χ4n) is 4.40. The van der Waals surface area contributed by atoms with Crippen molar-refractivity contribution in [1.29, 1.82) is 0 Å². The zero-order valence-electron chi connectivity index (χ0n) is 17.5. The van der Waals surface area contributed by atoms with Crippen molar-refractivity contribution in [2.75, 3.05) is 14.2 Å². The number of carbonyl (C=O) groups excluding carboxylic acids is 2. The molecule has 160 valence electrons. The van der Waals surface area contributed by atoms with Crippen LogP contribution in [0.2, 0.25) is 0 Å². The molecule has 8 heteroatoms. The van der Waals surface area contributed by atoms with Gasteiger partial charge >= 0.3 is 11.9 Å². The van der Waals surface area contributed by atoms with E-state index in [0.29, 0.717) is 9.75 Å². The standard InChI is InChI=1S/C23H20O4S4/c1-10-18(20-14(28-10)8-16(30-20)22(24)26-3)12-6-5-7-13(12)19-11(2)29-15-9-17(23(25)27-4)31-21(15)19/h8-9H,5-7H2,1-4H3. The summed E-state index contributed by atoms with van der Waals surface area (Å²) in [5, 5.41) is 0. The molecule has 1 aliphatic carbocycles. The van der Waals surface area contributed by atoms with E-state index in [1.165, 1.54) is 78.3 Å². The number of hydrogen-bond acceptors (Lipinski definition) is 8. The first kappa shape index (κ1) is 20.9. The van der Waals surface area contributed by atoms with E-state index in [9.17, 15) is 9.59 Å². The molecule has 5 rings (SSSR count). The molecule has 0 atom stereocenters. The van der Waals surface area contributed by atoms with Gasteiger partial charge in [-0.1, -0.05) is 0 Å². The molecule has 0 unspecified atom stereocenters. The van der Waals surface area contributed by atoms with Gasteiger partial charge < -0.3 is 9.47 Å². The fourth-order valence-corrected chi connectivity index (χ4v) is 9.44. The second-order valence-electron chi connectivity index (χ2n) is 7.47.